The van der Waals surface area contributed by atoms with Gasteiger partial charge >= 0.3 is 5.97 Å². The summed E-state index contributed by atoms with van der Waals surface area (Å²) < 4.78 is 39.2. The van der Waals surface area contributed by atoms with Crippen molar-refractivity contribution in [3.8, 4) is 51.4 Å². The molecule has 0 aliphatic carbocycles. The highest BCUT2D eigenvalue weighted by Crippen LogP contribution is 2.47. The summed E-state index contributed by atoms with van der Waals surface area (Å²) >= 11 is 0. The summed E-state index contributed by atoms with van der Waals surface area (Å²) in [6, 6.07) is 19.5. The standard InChI is InChI=1S/C36H32O10/c1-40-23-9-5-20(6-10-23)13-14-44-28-12-8-21(15-30(28)43-4)24-17-32(38)46-31-18-26(37)34-35(39)25(19-45-36(34)33(24)31)22-7-11-27(41-2)29(16-22)42-3/h5-12,15-16,18-19,24,37H,13-14,17H2,1-4H3/t24-/m1/s1. The van der Waals surface area contributed by atoms with E-state index in [0.717, 1.165) is 16.9 Å². The zero-order chi connectivity index (χ0) is 32.4. The first kappa shape index (κ1) is 30.4. The number of hydrogen-bond donors (Lipinski definition) is 1. The van der Waals surface area contributed by atoms with Crippen LogP contribution in [0.3, 0.4) is 0 Å². The Morgan fingerprint density at radius 2 is 1.52 bits per heavy atom. The topological polar surface area (TPSA) is 123 Å². The van der Waals surface area contributed by atoms with Gasteiger partial charge in [-0.3, -0.25) is 9.59 Å². The monoisotopic (exact) mass is 624 g/mol. The van der Waals surface area contributed by atoms with Gasteiger partial charge in [0.2, 0.25) is 5.43 Å². The van der Waals surface area contributed by atoms with Crippen molar-refractivity contribution >= 4 is 16.9 Å². The average molecular weight is 625 g/mol. The van der Waals surface area contributed by atoms with Gasteiger partial charge < -0.3 is 37.9 Å². The molecule has 236 valence electrons. The van der Waals surface area contributed by atoms with Crippen molar-refractivity contribution in [3.05, 3.63) is 99.9 Å². The third-order valence-corrected chi connectivity index (χ3v) is 8.06. The van der Waals surface area contributed by atoms with E-state index in [4.69, 9.17) is 32.8 Å². The number of carbonyl (C=O) groups is 1. The third kappa shape index (κ3) is 5.65. The number of hydrogen-bond acceptors (Lipinski definition) is 10. The Morgan fingerprint density at radius 1 is 0.804 bits per heavy atom. The molecule has 1 atom stereocenters. The number of fused-ring (bicyclic) bond motifs is 3. The second-order valence-electron chi connectivity index (χ2n) is 10.6. The van der Waals surface area contributed by atoms with Gasteiger partial charge in [0, 0.05) is 24.0 Å². The number of methoxy groups -OCH3 is 4. The van der Waals surface area contributed by atoms with Crippen LogP contribution in [-0.2, 0) is 11.2 Å². The van der Waals surface area contributed by atoms with Gasteiger partial charge in [-0.1, -0.05) is 24.3 Å². The van der Waals surface area contributed by atoms with Crippen LogP contribution in [0.2, 0.25) is 0 Å². The Morgan fingerprint density at radius 3 is 2.24 bits per heavy atom. The molecule has 4 aromatic carbocycles. The van der Waals surface area contributed by atoms with Crippen LogP contribution in [0.5, 0.6) is 40.2 Å². The normalized spacial score (nSPS) is 13.9. The van der Waals surface area contributed by atoms with E-state index >= 15 is 0 Å². The van der Waals surface area contributed by atoms with Crippen molar-refractivity contribution in [2.45, 2.75) is 18.8 Å². The molecule has 1 N–H and O–H groups in total. The van der Waals surface area contributed by atoms with Crippen molar-refractivity contribution in [2.75, 3.05) is 35.0 Å². The Kier molecular flexibility index (Phi) is 8.43. The maximum absolute atomic E-state index is 13.8. The van der Waals surface area contributed by atoms with Crippen molar-refractivity contribution in [3.63, 3.8) is 0 Å². The Labute approximate surface area is 264 Å². The molecule has 0 saturated carbocycles. The third-order valence-electron chi connectivity index (χ3n) is 8.06. The molecule has 1 aromatic heterocycles. The molecule has 0 saturated heterocycles. The van der Waals surface area contributed by atoms with E-state index in [1.54, 1.807) is 44.6 Å². The molecule has 0 spiro atoms. The second-order valence-corrected chi connectivity index (χ2v) is 10.6. The van der Waals surface area contributed by atoms with Crippen molar-refractivity contribution in [1.29, 1.82) is 0 Å². The highest BCUT2D eigenvalue weighted by atomic mass is 16.5. The van der Waals surface area contributed by atoms with Crippen molar-refractivity contribution < 1.29 is 42.7 Å². The number of esters is 1. The Balaban J connectivity index is 1.35. The molecular formula is C36H32O10. The van der Waals surface area contributed by atoms with Gasteiger partial charge in [0.05, 0.1) is 47.0 Å². The smallest absolute Gasteiger partial charge is 0.312 e. The van der Waals surface area contributed by atoms with Crippen molar-refractivity contribution in [2.24, 2.45) is 0 Å². The van der Waals surface area contributed by atoms with E-state index in [0.29, 0.717) is 47.2 Å². The molecule has 0 bridgehead atoms. The number of benzene rings is 4. The first-order valence-electron chi connectivity index (χ1n) is 14.5. The summed E-state index contributed by atoms with van der Waals surface area (Å²) in [5.41, 5.74) is 2.68. The number of phenols is 1. The number of phenolic OH excluding ortho intramolecular Hbond substituents is 1. The van der Waals surface area contributed by atoms with Crippen LogP contribution in [0.4, 0.5) is 0 Å². The maximum Gasteiger partial charge on any atom is 0.312 e. The molecule has 0 amide bonds. The van der Waals surface area contributed by atoms with Crippen LogP contribution < -0.4 is 33.8 Å². The molecule has 0 radical (unpaired) electrons. The highest BCUT2D eigenvalue weighted by molar-refractivity contribution is 5.94. The van der Waals surface area contributed by atoms with Gasteiger partial charge in [-0.25, -0.2) is 0 Å². The van der Waals surface area contributed by atoms with E-state index in [2.05, 4.69) is 0 Å². The molecular weight excluding hydrogens is 592 g/mol. The lowest BCUT2D eigenvalue weighted by Gasteiger charge is -2.26. The first-order valence-corrected chi connectivity index (χ1v) is 14.5. The number of ether oxygens (including phenoxy) is 6. The zero-order valence-electron chi connectivity index (χ0n) is 25.7. The lowest BCUT2D eigenvalue weighted by atomic mass is 9.84. The average Bonchev–Trinajstić information content (AvgIpc) is 3.07. The molecule has 6 rings (SSSR count). The number of carbonyl (C=O) groups excluding carboxylic acids is 1. The van der Waals surface area contributed by atoms with Gasteiger partial charge in [-0.2, -0.15) is 0 Å². The molecule has 0 fully saturated rings. The fraction of sp³-hybridized carbons (Fsp3) is 0.222. The van der Waals surface area contributed by atoms with Crippen LogP contribution >= 0.6 is 0 Å². The fourth-order valence-corrected chi connectivity index (χ4v) is 5.71. The van der Waals surface area contributed by atoms with Gasteiger partial charge in [-0.15, -0.1) is 0 Å². The largest absolute Gasteiger partial charge is 0.507 e. The molecule has 10 nitrogen and oxygen atoms in total. The highest BCUT2D eigenvalue weighted by Gasteiger charge is 2.34. The number of rotatable bonds is 10. The minimum Gasteiger partial charge on any atom is -0.507 e. The summed E-state index contributed by atoms with van der Waals surface area (Å²) in [6.07, 6.45) is 1.99. The van der Waals surface area contributed by atoms with Crippen LogP contribution in [0.25, 0.3) is 22.1 Å². The van der Waals surface area contributed by atoms with Crippen LogP contribution in [0.1, 0.15) is 29.0 Å². The van der Waals surface area contributed by atoms with Crippen molar-refractivity contribution in [1.82, 2.24) is 0 Å². The molecule has 5 aromatic rings. The van der Waals surface area contributed by atoms with E-state index in [1.165, 1.54) is 26.5 Å². The van der Waals surface area contributed by atoms with Crippen LogP contribution in [0.15, 0.2) is 82.2 Å². The summed E-state index contributed by atoms with van der Waals surface area (Å²) in [5.74, 6) is 1.45. The number of aromatic hydroxyl groups is 1. The van der Waals surface area contributed by atoms with Gasteiger partial charge in [-0.05, 0) is 53.1 Å². The molecule has 1 aliphatic rings. The Bertz CT molecular complexity index is 1980. The lowest BCUT2D eigenvalue weighted by Crippen LogP contribution is -2.22. The van der Waals surface area contributed by atoms with Crippen LogP contribution in [0, 0.1) is 0 Å². The summed E-state index contributed by atoms with van der Waals surface area (Å²) in [5, 5.41) is 10.9. The zero-order valence-corrected chi connectivity index (χ0v) is 25.7. The SMILES string of the molecule is COc1ccc(CCOc2ccc([C@H]3CC(=O)Oc4cc(O)c5c(=O)c(-c6ccc(OC)c(OC)c6)coc5c43)cc2OC)cc1. The molecule has 1 aliphatic heterocycles. The predicted molar refractivity (Wildman–Crippen MR) is 170 cm³/mol. The van der Waals surface area contributed by atoms with Gasteiger partial charge in [0.15, 0.2) is 23.0 Å². The Hall–Kier alpha value is -5.64. The summed E-state index contributed by atoms with van der Waals surface area (Å²) in [7, 11) is 6.19. The second kappa shape index (κ2) is 12.8. The predicted octanol–water partition coefficient (Wildman–Crippen LogP) is 6.26. The van der Waals surface area contributed by atoms with Crippen LogP contribution in [-0.4, -0.2) is 46.1 Å². The molecule has 0 unspecified atom stereocenters. The quantitative estimate of drug-likeness (QED) is 0.141. The van der Waals surface area contributed by atoms with E-state index in [-0.39, 0.29) is 34.5 Å². The minimum absolute atomic E-state index is 0.0190. The molecule has 2 heterocycles. The van der Waals surface area contributed by atoms with Gasteiger partial charge in [0.1, 0.15) is 34.5 Å². The van der Waals surface area contributed by atoms with E-state index in [1.807, 2.05) is 30.3 Å². The minimum atomic E-state index is -0.559. The molecule has 46 heavy (non-hydrogen) atoms. The summed E-state index contributed by atoms with van der Waals surface area (Å²) in [4.78, 5) is 26.6. The maximum atomic E-state index is 13.8. The first-order chi connectivity index (χ1) is 22.3. The molecule has 10 heteroatoms. The van der Waals surface area contributed by atoms with E-state index in [9.17, 15) is 14.7 Å². The van der Waals surface area contributed by atoms with Gasteiger partial charge in [0.25, 0.3) is 0 Å². The van der Waals surface area contributed by atoms with E-state index < -0.39 is 17.3 Å². The summed E-state index contributed by atoms with van der Waals surface area (Å²) in [6.45, 7) is 0.415. The lowest BCUT2D eigenvalue weighted by molar-refractivity contribution is -0.135. The fourth-order valence-electron chi connectivity index (χ4n) is 5.71.